The number of esters is 1. The Morgan fingerprint density at radius 1 is 0.492 bits per heavy atom. The maximum atomic E-state index is 12.8. The second-order valence-corrected chi connectivity index (χ2v) is 19.6. The van der Waals surface area contributed by atoms with Crippen LogP contribution in [0.4, 0.5) is 0 Å². The van der Waals surface area contributed by atoms with Crippen LogP contribution in [0.2, 0.25) is 0 Å². The zero-order valence-corrected chi connectivity index (χ0v) is 43.3. The summed E-state index contributed by atoms with van der Waals surface area (Å²) in [5, 5.41) is 0. The molecule has 0 aromatic rings. The Balaban J connectivity index is 4.25. The molecule has 8 nitrogen and oxygen atoms in total. The highest BCUT2D eigenvalue weighted by Crippen LogP contribution is 2.43. The first kappa shape index (κ1) is 62.4. The lowest BCUT2D eigenvalue weighted by Crippen LogP contribution is -2.37. The van der Waals surface area contributed by atoms with Crippen LogP contribution in [0.5, 0.6) is 0 Å². The van der Waals surface area contributed by atoms with Crippen LogP contribution in [0.3, 0.4) is 0 Å². The van der Waals surface area contributed by atoms with E-state index in [9.17, 15) is 14.3 Å². The topological polar surface area (TPSA) is 91.3 Å². The highest BCUT2D eigenvalue weighted by Gasteiger charge is 2.26. The van der Waals surface area contributed by atoms with Crippen LogP contribution in [-0.2, 0) is 27.9 Å². The summed E-state index contributed by atoms with van der Waals surface area (Å²) in [6, 6.07) is 0. The Kier molecular flexibility index (Phi) is 46.0. The molecule has 2 unspecified atom stereocenters. The van der Waals surface area contributed by atoms with Crippen molar-refractivity contribution in [3.05, 3.63) is 97.2 Å². The number of carbonyl (C=O) groups is 1. The summed E-state index contributed by atoms with van der Waals surface area (Å²) in [5.41, 5.74) is 0. The minimum atomic E-state index is -4.30. The number of nitrogens with zero attached hydrogens (tertiary/aromatic N) is 1. The van der Waals surface area contributed by atoms with Gasteiger partial charge in [0.15, 0.2) is 0 Å². The Morgan fingerprint density at radius 3 is 1.34 bits per heavy atom. The number of likely N-dealkylation sites (N-methyl/N-ethyl adjacent to an activating group) is 1. The van der Waals surface area contributed by atoms with Gasteiger partial charge < -0.3 is 18.9 Å². The Bertz CT molecular complexity index is 1360. The van der Waals surface area contributed by atoms with Gasteiger partial charge in [-0.2, -0.15) is 0 Å². The molecule has 0 aromatic carbocycles. The van der Waals surface area contributed by atoms with Crippen molar-refractivity contribution in [1.82, 2.24) is 0 Å². The monoisotopic (exact) mass is 929 g/mol. The van der Waals surface area contributed by atoms with Crippen LogP contribution in [0, 0.1) is 0 Å². The van der Waals surface area contributed by atoms with Gasteiger partial charge in [0, 0.05) is 13.0 Å². The van der Waals surface area contributed by atoms with Gasteiger partial charge >= 0.3 is 13.8 Å². The highest BCUT2D eigenvalue weighted by molar-refractivity contribution is 7.47. The van der Waals surface area contributed by atoms with Gasteiger partial charge in [-0.1, -0.05) is 188 Å². The minimum Gasteiger partial charge on any atom is -0.457 e. The van der Waals surface area contributed by atoms with E-state index in [1.165, 1.54) is 96.3 Å². The lowest BCUT2D eigenvalue weighted by Gasteiger charge is -2.24. The average molecular weight is 929 g/mol. The van der Waals surface area contributed by atoms with Gasteiger partial charge in [-0.05, 0) is 96.3 Å². The molecule has 0 aliphatic heterocycles. The third kappa shape index (κ3) is 52.3. The summed E-state index contributed by atoms with van der Waals surface area (Å²) < 4.78 is 35.1. The normalized spacial score (nSPS) is 14.4. The fraction of sp³-hybridized carbons (Fsp3) is 0.696. The standard InChI is InChI=1S/C56H98NO7P/c1-6-8-10-12-14-16-18-20-22-24-26-28-30-32-34-36-38-40-42-44-46-48-51-61-53-55(54-63-65(59,60)62-52-50-57(3,4)5)64-56(58)49-47-45-43-41-39-37-35-33-31-29-27-25-23-21-19-17-15-13-11-9-7-2/h9,11,15,17-18,20-21,23-24,26-27,29,33,35,39,41,55H,6-8,10,12-14,16,19,22,25,28,30-32,34,36-38,40,42-54H2,1-5H3/p+1/b11-9-,17-15-,20-18-,23-21-,26-24-,29-27-,35-33-,41-39-. The molecule has 0 aliphatic rings. The minimum absolute atomic E-state index is 0.0740. The molecule has 65 heavy (non-hydrogen) atoms. The summed E-state index contributed by atoms with van der Waals surface area (Å²) in [5.74, 6) is -0.359. The Hall–Kier alpha value is -2.58. The van der Waals surface area contributed by atoms with Crippen LogP contribution < -0.4 is 0 Å². The third-order valence-electron chi connectivity index (χ3n) is 10.6. The summed E-state index contributed by atoms with van der Waals surface area (Å²) in [4.78, 5) is 23.0. The number of quaternary nitrogens is 1. The molecule has 0 radical (unpaired) electrons. The molecule has 0 spiro atoms. The van der Waals surface area contributed by atoms with Gasteiger partial charge in [0.1, 0.15) is 19.3 Å². The molecule has 0 aliphatic carbocycles. The van der Waals surface area contributed by atoms with Crippen molar-refractivity contribution in [2.24, 2.45) is 0 Å². The van der Waals surface area contributed by atoms with E-state index < -0.39 is 13.9 Å². The number of rotatable bonds is 47. The summed E-state index contributed by atoms with van der Waals surface area (Å²) in [7, 11) is 1.62. The van der Waals surface area contributed by atoms with Gasteiger partial charge in [-0.25, -0.2) is 4.57 Å². The van der Waals surface area contributed by atoms with Crippen molar-refractivity contribution in [2.75, 3.05) is 54.1 Å². The molecular weight excluding hydrogens is 830 g/mol. The predicted molar refractivity (Wildman–Crippen MR) is 279 cm³/mol. The molecular formula is C56H99NO7P+. The lowest BCUT2D eigenvalue weighted by molar-refractivity contribution is -0.870. The summed E-state index contributed by atoms with van der Waals surface area (Å²) in [6.07, 6.45) is 66.0. The average Bonchev–Trinajstić information content (AvgIpc) is 3.27. The molecule has 9 heteroatoms. The number of hydrogen-bond acceptors (Lipinski definition) is 6. The van der Waals surface area contributed by atoms with E-state index in [-0.39, 0.29) is 32.2 Å². The maximum Gasteiger partial charge on any atom is 0.472 e. The van der Waals surface area contributed by atoms with Crippen LogP contribution >= 0.6 is 7.82 Å². The van der Waals surface area contributed by atoms with E-state index in [0.717, 1.165) is 70.6 Å². The summed E-state index contributed by atoms with van der Waals surface area (Å²) >= 11 is 0. The SMILES string of the molecule is CC/C=C\C/C=C\C/C=C\C/C=C\C/C=C\C/C=C\CCCCC(=O)OC(COCCCCCCCCCCCC/C=C\C/C=C\CCCCCCC)COP(=O)(O)OCC[N+](C)(C)C. The number of hydrogen-bond donors (Lipinski definition) is 1. The van der Waals surface area contributed by atoms with E-state index >= 15 is 0 Å². The van der Waals surface area contributed by atoms with Crippen LogP contribution in [0.15, 0.2) is 97.2 Å². The van der Waals surface area contributed by atoms with Gasteiger partial charge in [-0.3, -0.25) is 13.8 Å². The molecule has 0 heterocycles. The fourth-order valence-electron chi connectivity index (χ4n) is 6.64. The van der Waals surface area contributed by atoms with Crippen LogP contribution in [0.25, 0.3) is 0 Å². The van der Waals surface area contributed by atoms with E-state index in [4.69, 9.17) is 18.5 Å². The van der Waals surface area contributed by atoms with Crippen LogP contribution in [0.1, 0.15) is 194 Å². The van der Waals surface area contributed by atoms with Gasteiger partial charge in [0.2, 0.25) is 0 Å². The quantitative estimate of drug-likeness (QED) is 0.0214. The highest BCUT2D eigenvalue weighted by atomic mass is 31.2. The van der Waals surface area contributed by atoms with Crippen molar-refractivity contribution in [3.63, 3.8) is 0 Å². The lowest BCUT2D eigenvalue weighted by atomic mass is 10.1. The number of phosphoric acid groups is 1. The molecule has 0 bridgehead atoms. The number of ether oxygens (including phenoxy) is 2. The predicted octanol–water partition coefficient (Wildman–Crippen LogP) is 16.2. The molecule has 0 saturated heterocycles. The van der Waals surface area contributed by atoms with E-state index in [2.05, 4.69) is 111 Å². The number of phosphoric ester groups is 1. The molecule has 0 amide bonds. The first-order chi connectivity index (χ1) is 31.6. The van der Waals surface area contributed by atoms with Gasteiger partial charge in [-0.15, -0.1) is 0 Å². The second-order valence-electron chi connectivity index (χ2n) is 18.2. The summed E-state index contributed by atoms with van der Waals surface area (Å²) in [6.45, 7) is 5.42. The number of allylic oxidation sites excluding steroid dienone is 16. The van der Waals surface area contributed by atoms with Crippen molar-refractivity contribution in [2.45, 2.75) is 200 Å². The van der Waals surface area contributed by atoms with Gasteiger partial charge in [0.05, 0.1) is 34.4 Å². The molecule has 0 fully saturated rings. The second kappa shape index (κ2) is 47.9. The maximum absolute atomic E-state index is 12.8. The molecule has 1 N–H and O–H groups in total. The van der Waals surface area contributed by atoms with Crippen molar-refractivity contribution in [3.8, 4) is 0 Å². The molecule has 2 atom stereocenters. The Labute approximate surface area is 400 Å². The van der Waals surface area contributed by atoms with Crippen molar-refractivity contribution in [1.29, 1.82) is 0 Å². The zero-order valence-electron chi connectivity index (χ0n) is 42.4. The zero-order chi connectivity index (χ0) is 47.6. The van der Waals surface area contributed by atoms with E-state index in [1.807, 2.05) is 21.1 Å². The van der Waals surface area contributed by atoms with Crippen LogP contribution in [-0.4, -0.2) is 75.6 Å². The van der Waals surface area contributed by atoms with Crippen molar-refractivity contribution >= 4 is 13.8 Å². The van der Waals surface area contributed by atoms with Crippen molar-refractivity contribution < 1.29 is 37.3 Å². The smallest absolute Gasteiger partial charge is 0.457 e. The Morgan fingerprint density at radius 2 is 0.892 bits per heavy atom. The third-order valence-corrected chi connectivity index (χ3v) is 11.6. The molecule has 0 aromatic heterocycles. The van der Waals surface area contributed by atoms with E-state index in [0.29, 0.717) is 24.1 Å². The fourth-order valence-corrected chi connectivity index (χ4v) is 7.39. The first-order valence-corrected chi connectivity index (χ1v) is 27.5. The van der Waals surface area contributed by atoms with E-state index in [1.54, 1.807) is 0 Å². The number of unbranched alkanes of at least 4 members (excludes halogenated alkanes) is 17. The number of carbonyl (C=O) groups excluding carboxylic acids is 1. The molecule has 0 rings (SSSR count). The van der Waals surface area contributed by atoms with Gasteiger partial charge in [0.25, 0.3) is 0 Å². The molecule has 374 valence electrons. The largest absolute Gasteiger partial charge is 0.472 e. The first-order valence-electron chi connectivity index (χ1n) is 26.0. The molecule has 0 saturated carbocycles.